The summed E-state index contributed by atoms with van der Waals surface area (Å²) in [4.78, 5) is 13.4. The van der Waals surface area contributed by atoms with Gasteiger partial charge in [0.15, 0.2) is 18.9 Å². The fourth-order valence-corrected chi connectivity index (χ4v) is 12.1. The molecule has 3 heterocycles. The summed E-state index contributed by atoms with van der Waals surface area (Å²) in [5, 5.41) is 121. The van der Waals surface area contributed by atoms with E-state index in [0.717, 1.165) is 89.9 Å². The Morgan fingerprint density at radius 1 is 0.385 bits per heavy atom. The molecule has 19 nitrogen and oxygen atoms in total. The van der Waals surface area contributed by atoms with E-state index < -0.39 is 124 Å². The van der Waals surface area contributed by atoms with Crippen LogP contribution in [0.2, 0.25) is 0 Å². The molecule has 0 aromatic rings. The molecule has 3 rings (SSSR count). The van der Waals surface area contributed by atoms with E-state index in [9.17, 15) is 61.0 Å². The molecule has 12 N–H and O–H groups in total. The molecule has 17 unspecified atom stereocenters. The normalized spacial score (nSPS) is 27.6. The number of allylic oxidation sites excluding steroid dienone is 15. The van der Waals surface area contributed by atoms with E-state index in [-0.39, 0.29) is 18.9 Å². The molecule has 0 aromatic heterocycles. The maximum Gasteiger partial charge on any atom is 0.220 e. The van der Waals surface area contributed by atoms with Gasteiger partial charge in [0.1, 0.15) is 73.2 Å². The number of hydrogen-bond acceptors (Lipinski definition) is 18. The Balaban J connectivity index is 1.43. The number of carbonyl (C=O) groups is 1. The molecule has 17 atom stereocenters. The summed E-state index contributed by atoms with van der Waals surface area (Å²) < 4.78 is 34.4. The highest BCUT2D eigenvalue weighted by Gasteiger charge is 2.53. The Kier molecular flexibility index (Phi) is 51.9. The van der Waals surface area contributed by atoms with Gasteiger partial charge < -0.3 is 89.9 Å². The van der Waals surface area contributed by atoms with Gasteiger partial charge in [-0.05, 0) is 77.0 Å². The van der Waals surface area contributed by atoms with Gasteiger partial charge in [0.05, 0.1) is 38.6 Å². The van der Waals surface area contributed by atoms with E-state index in [1.165, 1.54) is 135 Å². The van der Waals surface area contributed by atoms with Crippen molar-refractivity contribution in [3.05, 3.63) is 97.2 Å². The number of amides is 1. The smallest absolute Gasteiger partial charge is 0.220 e. The minimum atomic E-state index is -1.99. The average Bonchev–Trinajstić information content (AvgIpc) is 0.788. The van der Waals surface area contributed by atoms with Gasteiger partial charge in [0.25, 0.3) is 0 Å². The van der Waals surface area contributed by atoms with Crippen LogP contribution in [0.15, 0.2) is 97.2 Å². The summed E-state index contributed by atoms with van der Waals surface area (Å²) in [7, 11) is 0. The van der Waals surface area contributed by atoms with Gasteiger partial charge in [-0.3, -0.25) is 4.79 Å². The Hall–Kier alpha value is -3.29. The van der Waals surface area contributed by atoms with Crippen molar-refractivity contribution in [3.63, 3.8) is 0 Å². The van der Waals surface area contributed by atoms with E-state index in [0.29, 0.717) is 6.42 Å². The highest BCUT2D eigenvalue weighted by molar-refractivity contribution is 5.76. The summed E-state index contributed by atoms with van der Waals surface area (Å²) in [6, 6.07) is -1.000. The first-order valence-corrected chi connectivity index (χ1v) is 37.5. The highest BCUT2D eigenvalue weighted by atomic mass is 16.8. The highest BCUT2D eigenvalue weighted by Crippen LogP contribution is 2.33. The number of aliphatic hydroxyl groups excluding tert-OH is 11. The summed E-state index contributed by atoms with van der Waals surface area (Å²) in [6.07, 6.45) is 49.5. The number of unbranched alkanes of at least 4 members (excludes halogenated alkanes) is 27. The third-order valence-electron chi connectivity index (χ3n) is 18.1. The molecule has 96 heavy (non-hydrogen) atoms. The number of aliphatic hydroxyl groups is 11. The number of hydrogen-bond donors (Lipinski definition) is 12. The molecule has 0 aromatic carbocycles. The van der Waals surface area contributed by atoms with Gasteiger partial charge in [-0.25, -0.2) is 0 Å². The third kappa shape index (κ3) is 37.9. The zero-order chi connectivity index (χ0) is 69.6. The van der Waals surface area contributed by atoms with Crippen LogP contribution in [-0.2, 0) is 33.2 Å². The molecule has 0 spiro atoms. The largest absolute Gasteiger partial charge is 0.394 e. The lowest BCUT2D eigenvalue weighted by Crippen LogP contribution is -2.66. The maximum absolute atomic E-state index is 13.4. The van der Waals surface area contributed by atoms with Crippen LogP contribution in [0.1, 0.15) is 251 Å². The van der Waals surface area contributed by atoms with E-state index in [1.54, 1.807) is 6.08 Å². The fourth-order valence-electron chi connectivity index (χ4n) is 12.1. The molecule has 0 radical (unpaired) electrons. The van der Waals surface area contributed by atoms with Crippen LogP contribution in [0.3, 0.4) is 0 Å². The Morgan fingerprint density at radius 3 is 1.12 bits per heavy atom. The Bertz CT molecular complexity index is 2110. The molecule has 3 fully saturated rings. The van der Waals surface area contributed by atoms with Crippen LogP contribution in [0.5, 0.6) is 0 Å². The average molecular weight is 1360 g/mol. The van der Waals surface area contributed by atoms with Crippen LogP contribution >= 0.6 is 0 Å². The first-order valence-electron chi connectivity index (χ1n) is 37.5. The summed E-state index contributed by atoms with van der Waals surface area (Å²) in [5.41, 5.74) is 0. The fraction of sp³-hybridized carbons (Fsp3) is 0.779. The second kappa shape index (κ2) is 57.3. The first kappa shape index (κ1) is 86.9. The third-order valence-corrected chi connectivity index (χ3v) is 18.1. The van der Waals surface area contributed by atoms with Crippen molar-refractivity contribution in [2.45, 2.75) is 356 Å². The topological polar surface area (TPSA) is 307 Å². The number of rotatable bonds is 57. The van der Waals surface area contributed by atoms with Crippen LogP contribution in [0.25, 0.3) is 0 Å². The quantitative estimate of drug-likeness (QED) is 0.0199. The van der Waals surface area contributed by atoms with Crippen molar-refractivity contribution in [3.8, 4) is 0 Å². The minimum absolute atomic E-state index is 0.198. The monoisotopic (exact) mass is 1360 g/mol. The van der Waals surface area contributed by atoms with E-state index in [4.69, 9.17) is 28.4 Å². The molecule has 19 heteroatoms. The molecular weight excluding hydrogens is 1230 g/mol. The van der Waals surface area contributed by atoms with Crippen LogP contribution in [-0.4, -0.2) is 193 Å². The second-order valence-corrected chi connectivity index (χ2v) is 26.4. The molecule has 0 saturated carbocycles. The molecule has 554 valence electrons. The standard InChI is InChI=1S/C77H133NO18/c1-3-5-7-9-11-13-15-17-19-21-23-25-27-29-31-32-34-36-38-40-42-44-46-48-50-52-54-61(82)60(78-65(83)55-53-51-49-47-45-43-41-39-37-35-33-30-28-26-24-22-20-18-16-14-12-10-8-6-4-2)59-91-75-71(89)68(86)73(63(57-80)93-75)96-77-72(90)69(87)74(64(58-81)94-77)95-76-70(88)67(85)66(84)62(56-79)92-76/h6,8,12,14,18,20,24,26,30,33,37,39,43,45,52,54,60-64,66-77,79-82,84-90H,3-5,7,9-11,13,15-17,19,21-23,25,27-29,31-32,34-36,38,40-42,44,46-51,53,55-59H2,1-2H3,(H,78,83)/b8-6-,14-12-,20-18-,26-24-,33-30-,39-37-,45-43-,54-52+. The lowest BCUT2D eigenvalue weighted by Gasteiger charge is -2.48. The van der Waals surface area contributed by atoms with Crippen molar-refractivity contribution < 1.29 is 89.4 Å². The predicted octanol–water partition coefficient (Wildman–Crippen LogP) is 11.2. The SMILES string of the molecule is CC/C=C\C/C=C\C/C=C\C/C=C\C/C=C\C/C=C\C/C=C\CCCCCC(=O)NC(COC1OC(CO)C(OC2OC(CO)C(OC3OC(CO)C(O)C(O)C3O)C(O)C2O)C(O)C1O)C(O)/C=C/CCCCCCCCCCCCCCCCCCCCCCCCCC. The van der Waals surface area contributed by atoms with Crippen molar-refractivity contribution in [1.82, 2.24) is 5.32 Å². The van der Waals surface area contributed by atoms with E-state index >= 15 is 0 Å². The zero-order valence-corrected chi connectivity index (χ0v) is 58.8. The lowest BCUT2D eigenvalue weighted by molar-refractivity contribution is -0.379. The molecule has 0 bridgehead atoms. The van der Waals surface area contributed by atoms with Gasteiger partial charge in [0.2, 0.25) is 5.91 Å². The summed E-state index contributed by atoms with van der Waals surface area (Å²) in [5.74, 6) is -0.309. The molecule has 3 aliphatic heterocycles. The van der Waals surface area contributed by atoms with E-state index in [1.807, 2.05) is 6.08 Å². The van der Waals surface area contributed by atoms with Crippen molar-refractivity contribution >= 4 is 5.91 Å². The molecule has 3 saturated heterocycles. The number of carbonyl (C=O) groups excluding carboxylic acids is 1. The van der Waals surface area contributed by atoms with Gasteiger partial charge in [-0.1, -0.05) is 265 Å². The molecular formula is C77H133NO18. The molecule has 3 aliphatic rings. The van der Waals surface area contributed by atoms with E-state index in [2.05, 4.69) is 104 Å². The maximum atomic E-state index is 13.4. The van der Waals surface area contributed by atoms with Crippen LogP contribution in [0.4, 0.5) is 0 Å². The summed E-state index contributed by atoms with van der Waals surface area (Å²) >= 11 is 0. The zero-order valence-electron chi connectivity index (χ0n) is 58.8. The van der Waals surface area contributed by atoms with Gasteiger partial charge in [-0.15, -0.1) is 0 Å². The molecule has 1 amide bonds. The number of nitrogens with one attached hydrogen (secondary N) is 1. The predicted molar refractivity (Wildman–Crippen MR) is 378 cm³/mol. The number of ether oxygens (including phenoxy) is 6. The summed E-state index contributed by atoms with van der Waals surface area (Å²) in [6.45, 7) is 1.61. The first-order chi connectivity index (χ1) is 46.8. The van der Waals surface area contributed by atoms with Crippen LogP contribution in [0, 0.1) is 0 Å². The second-order valence-electron chi connectivity index (χ2n) is 26.4. The van der Waals surface area contributed by atoms with Gasteiger partial charge in [-0.2, -0.15) is 0 Å². The van der Waals surface area contributed by atoms with Crippen molar-refractivity contribution in [2.24, 2.45) is 0 Å². The van der Waals surface area contributed by atoms with Crippen LogP contribution < -0.4 is 5.32 Å². The Morgan fingerprint density at radius 2 is 0.719 bits per heavy atom. The Labute approximate surface area is 577 Å². The van der Waals surface area contributed by atoms with Gasteiger partial charge >= 0.3 is 0 Å². The minimum Gasteiger partial charge on any atom is -0.394 e. The lowest BCUT2D eigenvalue weighted by atomic mass is 9.96. The molecule has 0 aliphatic carbocycles. The van der Waals surface area contributed by atoms with Crippen molar-refractivity contribution in [1.29, 1.82) is 0 Å². The van der Waals surface area contributed by atoms with Gasteiger partial charge in [0, 0.05) is 6.42 Å². The van der Waals surface area contributed by atoms with Crippen molar-refractivity contribution in [2.75, 3.05) is 26.4 Å².